The minimum absolute atomic E-state index is 0.491. The quantitative estimate of drug-likeness (QED) is 0.871. The molecule has 102 valence electrons. The van der Waals surface area contributed by atoms with Gasteiger partial charge in [-0.15, -0.1) is 11.8 Å². The van der Waals surface area contributed by atoms with E-state index in [1.807, 2.05) is 30.3 Å². The van der Waals surface area contributed by atoms with Crippen LogP contribution in [-0.2, 0) is 4.79 Å². The first-order chi connectivity index (χ1) is 8.84. The van der Waals surface area contributed by atoms with Crippen LogP contribution in [0.15, 0.2) is 30.3 Å². The summed E-state index contributed by atoms with van der Waals surface area (Å²) in [6, 6.07) is 8.05. The van der Waals surface area contributed by atoms with Crippen molar-refractivity contribution in [3.8, 4) is 0 Å². The Hall–Kier alpha value is -1.69. The van der Waals surface area contributed by atoms with Gasteiger partial charge in [-0.05, 0) is 19.4 Å². The zero-order chi connectivity index (χ0) is 14.2. The van der Waals surface area contributed by atoms with E-state index in [1.54, 1.807) is 13.8 Å². The summed E-state index contributed by atoms with van der Waals surface area (Å²) < 4.78 is -0.676. The Bertz CT molecular complexity index is 503. The van der Waals surface area contributed by atoms with Crippen molar-refractivity contribution >= 4 is 23.8 Å². The highest BCUT2D eigenvalue weighted by molar-refractivity contribution is 8.01. The molecular formula is C13H15NO4S. The largest absolute Gasteiger partial charge is 0.480 e. The number of amides is 1. The normalized spacial score (nSPS) is 25.3. The minimum Gasteiger partial charge on any atom is -0.480 e. The van der Waals surface area contributed by atoms with Gasteiger partial charge in [0.25, 0.3) is 0 Å². The molecule has 2 rings (SSSR count). The highest BCUT2D eigenvalue weighted by Gasteiger charge is 2.53. The van der Waals surface area contributed by atoms with Crippen LogP contribution in [0.5, 0.6) is 0 Å². The Morgan fingerprint density at radius 1 is 1.21 bits per heavy atom. The van der Waals surface area contributed by atoms with E-state index in [0.717, 1.165) is 10.5 Å². The van der Waals surface area contributed by atoms with Gasteiger partial charge in [-0.25, -0.2) is 9.59 Å². The summed E-state index contributed by atoms with van der Waals surface area (Å²) in [5, 5.41) is 18.2. The van der Waals surface area contributed by atoms with Crippen LogP contribution in [0.2, 0.25) is 0 Å². The maximum atomic E-state index is 11.4. The number of carboxylic acids is 1. The van der Waals surface area contributed by atoms with E-state index >= 15 is 0 Å². The van der Waals surface area contributed by atoms with Crippen molar-refractivity contribution in [3.63, 3.8) is 0 Å². The van der Waals surface area contributed by atoms with Gasteiger partial charge in [0.1, 0.15) is 11.4 Å². The molecule has 6 heteroatoms. The third-order valence-corrected chi connectivity index (χ3v) is 4.70. The van der Waals surface area contributed by atoms with Gasteiger partial charge in [0.2, 0.25) is 0 Å². The Balaban J connectivity index is 2.45. The molecular weight excluding hydrogens is 266 g/mol. The predicted octanol–water partition coefficient (Wildman–Crippen LogP) is 2.64. The van der Waals surface area contributed by atoms with Gasteiger partial charge >= 0.3 is 12.1 Å². The number of carbonyl (C=O) groups is 2. The molecule has 1 heterocycles. The van der Waals surface area contributed by atoms with Crippen LogP contribution < -0.4 is 0 Å². The van der Waals surface area contributed by atoms with Crippen LogP contribution >= 0.6 is 11.8 Å². The molecule has 2 atom stereocenters. The van der Waals surface area contributed by atoms with Crippen molar-refractivity contribution in [2.75, 3.05) is 0 Å². The summed E-state index contributed by atoms with van der Waals surface area (Å²) in [6.45, 7) is 3.52. The standard InChI is InChI=1S/C13H15NO4S/c1-13(2)9(11(15)16)14(12(17)18)10(19-13)8-6-4-3-5-7-8/h3-7,9-10H,1-2H3,(H,15,16)(H,17,18)/t9-,10?/m0/s1. The molecule has 0 aromatic heterocycles. The average molecular weight is 281 g/mol. The maximum Gasteiger partial charge on any atom is 0.409 e. The zero-order valence-electron chi connectivity index (χ0n) is 10.6. The van der Waals surface area contributed by atoms with Gasteiger partial charge in [-0.3, -0.25) is 4.90 Å². The van der Waals surface area contributed by atoms with E-state index in [4.69, 9.17) is 0 Å². The number of carboxylic acid groups (broad SMARTS) is 2. The summed E-state index contributed by atoms with van der Waals surface area (Å²) in [5.74, 6) is -1.11. The number of hydrogen-bond donors (Lipinski definition) is 2. The van der Waals surface area contributed by atoms with Crippen molar-refractivity contribution in [3.05, 3.63) is 35.9 Å². The van der Waals surface area contributed by atoms with Crippen LogP contribution in [0.4, 0.5) is 4.79 Å². The second-order valence-electron chi connectivity index (χ2n) is 4.91. The molecule has 1 amide bonds. The number of rotatable bonds is 2. The predicted molar refractivity (Wildman–Crippen MR) is 72.1 cm³/mol. The number of nitrogens with zero attached hydrogens (tertiary/aromatic N) is 1. The van der Waals surface area contributed by atoms with Gasteiger partial charge in [0, 0.05) is 4.75 Å². The highest BCUT2D eigenvalue weighted by Crippen LogP contribution is 2.52. The van der Waals surface area contributed by atoms with Gasteiger partial charge in [0.15, 0.2) is 0 Å². The molecule has 5 nitrogen and oxygen atoms in total. The van der Waals surface area contributed by atoms with E-state index in [9.17, 15) is 19.8 Å². The van der Waals surface area contributed by atoms with Crippen molar-refractivity contribution in [2.24, 2.45) is 0 Å². The van der Waals surface area contributed by atoms with Gasteiger partial charge in [0.05, 0.1) is 0 Å². The van der Waals surface area contributed by atoms with Gasteiger partial charge < -0.3 is 10.2 Å². The van der Waals surface area contributed by atoms with Gasteiger partial charge in [-0.1, -0.05) is 30.3 Å². The number of benzene rings is 1. The molecule has 1 fully saturated rings. The minimum atomic E-state index is -1.21. The summed E-state index contributed by atoms with van der Waals surface area (Å²) in [7, 11) is 0. The number of thioether (sulfide) groups is 1. The lowest BCUT2D eigenvalue weighted by molar-refractivity contribution is -0.143. The van der Waals surface area contributed by atoms with Gasteiger partial charge in [-0.2, -0.15) is 0 Å². The third-order valence-electron chi connectivity index (χ3n) is 3.14. The molecule has 19 heavy (non-hydrogen) atoms. The van der Waals surface area contributed by atoms with Crippen LogP contribution in [0.25, 0.3) is 0 Å². The molecule has 1 saturated heterocycles. The second kappa shape index (κ2) is 4.77. The SMILES string of the molecule is CC1(C)SC(c2ccccc2)N(C(=O)O)[C@H]1C(=O)O. The molecule has 1 unspecified atom stereocenters. The molecule has 1 aliphatic heterocycles. The topological polar surface area (TPSA) is 77.8 Å². The Morgan fingerprint density at radius 3 is 2.26 bits per heavy atom. The van der Waals surface area contributed by atoms with E-state index in [1.165, 1.54) is 11.8 Å². The van der Waals surface area contributed by atoms with Crippen molar-refractivity contribution in [1.82, 2.24) is 4.90 Å². The van der Waals surface area contributed by atoms with Crippen LogP contribution in [0.1, 0.15) is 24.8 Å². The monoisotopic (exact) mass is 281 g/mol. The Labute approximate surface area is 115 Å². The van der Waals surface area contributed by atoms with Crippen molar-refractivity contribution < 1.29 is 19.8 Å². The Morgan fingerprint density at radius 2 is 1.79 bits per heavy atom. The lowest BCUT2D eigenvalue weighted by atomic mass is 10.0. The number of aliphatic carboxylic acids is 1. The number of hydrogen-bond acceptors (Lipinski definition) is 3. The van der Waals surface area contributed by atoms with Crippen molar-refractivity contribution in [1.29, 1.82) is 0 Å². The molecule has 0 bridgehead atoms. The fourth-order valence-corrected chi connectivity index (χ4v) is 3.89. The van der Waals surface area contributed by atoms with Crippen molar-refractivity contribution in [2.45, 2.75) is 30.0 Å². The molecule has 1 aromatic rings. The molecule has 1 aliphatic rings. The molecule has 0 aliphatic carbocycles. The first-order valence-corrected chi connectivity index (χ1v) is 6.69. The van der Waals surface area contributed by atoms with Crippen LogP contribution in [0.3, 0.4) is 0 Å². The second-order valence-corrected chi connectivity index (χ2v) is 6.65. The molecule has 0 radical (unpaired) electrons. The molecule has 1 aromatic carbocycles. The molecule has 0 saturated carbocycles. The zero-order valence-corrected chi connectivity index (χ0v) is 11.4. The maximum absolute atomic E-state index is 11.4. The van der Waals surface area contributed by atoms with E-state index < -0.39 is 28.2 Å². The average Bonchev–Trinajstić information content (AvgIpc) is 2.62. The Kier molecular flexibility index (Phi) is 3.45. The summed E-state index contributed by atoms with van der Waals surface area (Å²) in [4.78, 5) is 23.9. The first kappa shape index (κ1) is 13.7. The molecule has 0 spiro atoms. The smallest absolute Gasteiger partial charge is 0.409 e. The third kappa shape index (κ3) is 2.40. The summed E-state index contributed by atoms with van der Waals surface area (Å²) >= 11 is 1.36. The summed E-state index contributed by atoms with van der Waals surface area (Å²) in [5.41, 5.74) is 0.798. The summed E-state index contributed by atoms with van der Waals surface area (Å²) in [6.07, 6.45) is -1.21. The van der Waals surface area contributed by atoms with Crippen LogP contribution in [0, 0.1) is 0 Å². The van der Waals surface area contributed by atoms with Crippen LogP contribution in [-0.4, -0.2) is 38.0 Å². The fraction of sp³-hybridized carbons (Fsp3) is 0.385. The fourth-order valence-electron chi connectivity index (χ4n) is 2.35. The molecule has 2 N–H and O–H groups in total. The first-order valence-electron chi connectivity index (χ1n) is 5.81. The lowest BCUT2D eigenvalue weighted by Gasteiger charge is -2.27. The van der Waals surface area contributed by atoms with E-state index in [-0.39, 0.29) is 0 Å². The highest BCUT2D eigenvalue weighted by atomic mass is 32.2. The van der Waals surface area contributed by atoms with E-state index in [0.29, 0.717) is 0 Å². The van der Waals surface area contributed by atoms with E-state index in [2.05, 4.69) is 0 Å². The lowest BCUT2D eigenvalue weighted by Crippen LogP contribution is -2.48.